The molecular formula is C20H25FN2O3. The maximum absolute atomic E-state index is 13.2. The number of carbonyl (C=O) groups excluding carboxylic acids is 2. The molecule has 6 heteroatoms. The maximum atomic E-state index is 13.2. The third kappa shape index (κ3) is 5.72. The standard InChI is InChI=1S/C20H25FN2O3/c1-13(22-19(25)17-6-5-11-26-17)18(24)23-16(12-20(2,3)4)14-7-9-15(21)10-8-14/h5-11,13,16H,12H2,1-4H3,(H,22,25)(H,23,24). The SMILES string of the molecule is CC(NC(=O)c1ccco1)C(=O)NC(CC(C)(C)C)c1ccc(F)cc1. The predicted octanol–water partition coefficient (Wildman–Crippen LogP) is 3.83. The Morgan fingerprint density at radius 3 is 2.31 bits per heavy atom. The highest BCUT2D eigenvalue weighted by Crippen LogP contribution is 2.29. The molecule has 1 heterocycles. The number of furan rings is 1. The summed E-state index contributed by atoms with van der Waals surface area (Å²) < 4.78 is 18.2. The molecule has 2 N–H and O–H groups in total. The zero-order valence-electron chi connectivity index (χ0n) is 15.5. The van der Waals surface area contributed by atoms with Crippen LogP contribution in [0, 0.1) is 11.2 Å². The highest BCUT2D eigenvalue weighted by molar-refractivity contribution is 5.95. The Bertz CT molecular complexity index is 733. The lowest BCUT2D eigenvalue weighted by Gasteiger charge is -2.28. The second-order valence-electron chi connectivity index (χ2n) is 7.55. The van der Waals surface area contributed by atoms with E-state index < -0.39 is 11.9 Å². The second kappa shape index (κ2) is 8.17. The van der Waals surface area contributed by atoms with E-state index >= 15 is 0 Å². The van der Waals surface area contributed by atoms with Crippen molar-refractivity contribution in [3.8, 4) is 0 Å². The number of carbonyl (C=O) groups is 2. The normalized spacial score (nSPS) is 13.7. The van der Waals surface area contributed by atoms with E-state index in [9.17, 15) is 14.0 Å². The lowest BCUT2D eigenvalue weighted by molar-refractivity contribution is -0.123. The van der Waals surface area contributed by atoms with Crippen LogP contribution in [0.4, 0.5) is 4.39 Å². The average Bonchev–Trinajstić information content (AvgIpc) is 3.08. The number of benzene rings is 1. The molecule has 0 bridgehead atoms. The van der Waals surface area contributed by atoms with E-state index in [0.717, 1.165) is 5.56 Å². The van der Waals surface area contributed by atoms with Crippen molar-refractivity contribution in [3.63, 3.8) is 0 Å². The Balaban J connectivity index is 2.07. The lowest BCUT2D eigenvalue weighted by atomic mass is 9.85. The molecule has 2 rings (SSSR count). The molecule has 26 heavy (non-hydrogen) atoms. The van der Waals surface area contributed by atoms with Gasteiger partial charge in [-0.1, -0.05) is 32.9 Å². The van der Waals surface area contributed by atoms with E-state index in [0.29, 0.717) is 6.42 Å². The summed E-state index contributed by atoms with van der Waals surface area (Å²) >= 11 is 0. The third-order valence-corrected chi connectivity index (χ3v) is 3.89. The molecule has 2 atom stereocenters. The van der Waals surface area contributed by atoms with Gasteiger partial charge in [-0.2, -0.15) is 0 Å². The van der Waals surface area contributed by atoms with Crippen LogP contribution in [0.2, 0.25) is 0 Å². The number of hydrogen-bond acceptors (Lipinski definition) is 3. The van der Waals surface area contributed by atoms with Crippen LogP contribution in [-0.4, -0.2) is 17.9 Å². The molecule has 0 aliphatic carbocycles. The lowest BCUT2D eigenvalue weighted by Crippen LogP contribution is -2.46. The molecule has 1 aromatic heterocycles. The van der Waals surface area contributed by atoms with Gasteiger partial charge in [-0.05, 0) is 48.6 Å². The second-order valence-corrected chi connectivity index (χ2v) is 7.55. The van der Waals surface area contributed by atoms with Crippen LogP contribution >= 0.6 is 0 Å². The Labute approximate surface area is 153 Å². The minimum atomic E-state index is -0.740. The highest BCUT2D eigenvalue weighted by Gasteiger charge is 2.25. The van der Waals surface area contributed by atoms with Gasteiger partial charge in [0.05, 0.1) is 12.3 Å². The van der Waals surface area contributed by atoms with Crippen molar-refractivity contribution >= 4 is 11.8 Å². The summed E-state index contributed by atoms with van der Waals surface area (Å²) in [5, 5.41) is 5.56. The monoisotopic (exact) mass is 360 g/mol. The zero-order chi connectivity index (χ0) is 19.3. The number of amides is 2. The molecule has 0 radical (unpaired) electrons. The molecule has 0 saturated heterocycles. The molecule has 2 unspecified atom stereocenters. The topological polar surface area (TPSA) is 71.3 Å². The quantitative estimate of drug-likeness (QED) is 0.822. The first-order valence-electron chi connectivity index (χ1n) is 8.56. The third-order valence-electron chi connectivity index (χ3n) is 3.89. The summed E-state index contributed by atoms with van der Waals surface area (Å²) in [6.45, 7) is 7.81. The molecule has 0 aliphatic rings. The van der Waals surface area contributed by atoms with Gasteiger partial charge in [0.25, 0.3) is 5.91 Å². The first-order valence-corrected chi connectivity index (χ1v) is 8.56. The summed E-state index contributed by atoms with van der Waals surface area (Å²) in [5.74, 6) is -0.946. The average molecular weight is 360 g/mol. The van der Waals surface area contributed by atoms with Crippen molar-refractivity contribution in [1.82, 2.24) is 10.6 Å². The summed E-state index contributed by atoms with van der Waals surface area (Å²) in [6.07, 6.45) is 2.07. The number of hydrogen-bond donors (Lipinski definition) is 2. The number of nitrogens with one attached hydrogen (secondary N) is 2. The van der Waals surface area contributed by atoms with Crippen LogP contribution in [0.1, 0.15) is 56.3 Å². The van der Waals surface area contributed by atoms with E-state index in [4.69, 9.17) is 4.42 Å². The Morgan fingerprint density at radius 1 is 1.12 bits per heavy atom. The van der Waals surface area contributed by atoms with Crippen LogP contribution < -0.4 is 10.6 Å². The van der Waals surface area contributed by atoms with Crippen molar-refractivity contribution in [2.24, 2.45) is 5.41 Å². The van der Waals surface area contributed by atoms with Gasteiger partial charge in [0, 0.05) is 0 Å². The smallest absolute Gasteiger partial charge is 0.287 e. The minimum absolute atomic E-state index is 0.0486. The first kappa shape index (κ1) is 19.7. The molecule has 140 valence electrons. The number of rotatable bonds is 6. The molecule has 0 aliphatic heterocycles. The maximum Gasteiger partial charge on any atom is 0.287 e. The predicted molar refractivity (Wildman–Crippen MR) is 97.0 cm³/mol. The molecule has 0 saturated carbocycles. The number of halogens is 1. The molecule has 0 spiro atoms. The van der Waals surface area contributed by atoms with Crippen molar-refractivity contribution in [2.45, 2.75) is 46.2 Å². The van der Waals surface area contributed by atoms with Gasteiger partial charge in [-0.25, -0.2) is 4.39 Å². The van der Waals surface area contributed by atoms with Gasteiger partial charge in [0.15, 0.2) is 5.76 Å². The minimum Gasteiger partial charge on any atom is -0.459 e. The molecular weight excluding hydrogens is 335 g/mol. The largest absolute Gasteiger partial charge is 0.459 e. The van der Waals surface area contributed by atoms with Crippen molar-refractivity contribution in [2.75, 3.05) is 0 Å². The zero-order valence-corrected chi connectivity index (χ0v) is 15.5. The van der Waals surface area contributed by atoms with Crippen LogP contribution in [-0.2, 0) is 4.79 Å². The summed E-state index contributed by atoms with van der Waals surface area (Å²) in [5.41, 5.74) is 0.770. The fourth-order valence-corrected chi connectivity index (χ4v) is 2.60. The van der Waals surface area contributed by atoms with E-state index in [1.54, 1.807) is 25.1 Å². The Kier molecular flexibility index (Phi) is 6.18. The fraction of sp³-hybridized carbons (Fsp3) is 0.400. The summed E-state index contributed by atoms with van der Waals surface area (Å²) in [6, 6.07) is 8.19. The molecule has 0 fully saturated rings. The molecule has 5 nitrogen and oxygen atoms in total. The van der Waals surface area contributed by atoms with Crippen molar-refractivity contribution in [3.05, 3.63) is 59.8 Å². The Hall–Kier alpha value is -2.63. The highest BCUT2D eigenvalue weighted by atomic mass is 19.1. The van der Waals surface area contributed by atoms with Gasteiger partial charge >= 0.3 is 0 Å². The summed E-state index contributed by atoms with van der Waals surface area (Å²) in [4.78, 5) is 24.6. The molecule has 2 aromatic rings. The van der Waals surface area contributed by atoms with E-state index in [2.05, 4.69) is 31.4 Å². The van der Waals surface area contributed by atoms with Crippen molar-refractivity contribution in [1.29, 1.82) is 0 Å². The van der Waals surface area contributed by atoms with Gasteiger partial charge in [0.2, 0.25) is 5.91 Å². The summed E-state index contributed by atoms with van der Waals surface area (Å²) in [7, 11) is 0. The Morgan fingerprint density at radius 2 is 1.77 bits per heavy atom. The van der Waals surface area contributed by atoms with Gasteiger partial charge in [-0.3, -0.25) is 9.59 Å². The van der Waals surface area contributed by atoms with Gasteiger partial charge in [-0.15, -0.1) is 0 Å². The van der Waals surface area contributed by atoms with Crippen molar-refractivity contribution < 1.29 is 18.4 Å². The van der Waals surface area contributed by atoms with E-state index in [1.807, 2.05) is 0 Å². The molecule has 1 aromatic carbocycles. The van der Waals surface area contributed by atoms with Gasteiger partial charge in [0.1, 0.15) is 11.9 Å². The molecule has 2 amide bonds. The van der Waals surface area contributed by atoms with Crippen LogP contribution in [0.5, 0.6) is 0 Å². The van der Waals surface area contributed by atoms with Gasteiger partial charge < -0.3 is 15.1 Å². The van der Waals surface area contributed by atoms with Crippen LogP contribution in [0.15, 0.2) is 47.1 Å². The van der Waals surface area contributed by atoms with Crippen LogP contribution in [0.3, 0.4) is 0 Å². The van der Waals surface area contributed by atoms with E-state index in [1.165, 1.54) is 24.5 Å². The van der Waals surface area contributed by atoms with Crippen LogP contribution in [0.25, 0.3) is 0 Å². The fourth-order valence-electron chi connectivity index (χ4n) is 2.60. The van der Waals surface area contributed by atoms with E-state index in [-0.39, 0.29) is 28.9 Å². The first-order chi connectivity index (χ1) is 12.2.